The lowest BCUT2D eigenvalue weighted by atomic mass is 10.0. The average Bonchev–Trinajstić information content (AvgIpc) is 2.42. The van der Waals surface area contributed by atoms with Gasteiger partial charge in [0.2, 0.25) is 0 Å². The molecule has 1 aromatic rings. The first-order valence-corrected chi connectivity index (χ1v) is 7.08. The van der Waals surface area contributed by atoms with Gasteiger partial charge in [-0.15, -0.1) is 0 Å². The zero-order chi connectivity index (χ0) is 14.3. The lowest BCUT2D eigenvalue weighted by Crippen LogP contribution is -2.34. The maximum absolute atomic E-state index is 5.18. The summed E-state index contributed by atoms with van der Waals surface area (Å²) in [5.41, 5.74) is 2.61. The van der Waals surface area contributed by atoms with E-state index in [-0.39, 0.29) is 0 Å². The Morgan fingerprint density at radius 1 is 1.32 bits per heavy atom. The minimum Gasteiger partial charge on any atom is -0.497 e. The molecule has 0 radical (unpaired) electrons. The van der Waals surface area contributed by atoms with Crippen molar-refractivity contribution < 1.29 is 4.74 Å². The molecular formula is C17H27NO. The van der Waals surface area contributed by atoms with E-state index in [2.05, 4.69) is 44.4 Å². The Balaban J connectivity index is 2.47. The lowest BCUT2D eigenvalue weighted by molar-refractivity contribution is 0.228. The van der Waals surface area contributed by atoms with Gasteiger partial charge in [-0.2, -0.15) is 0 Å². The maximum Gasteiger partial charge on any atom is 0.118 e. The summed E-state index contributed by atoms with van der Waals surface area (Å²) >= 11 is 0. The fourth-order valence-corrected chi connectivity index (χ4v) is 2.28. The smallest absolute Gasteiger partial charge is 0.118 e. The fraction of sp³-hybridized carbons (Fsp3) is 0.529. The van der Waals surface area contributed by atoms with Gasteiger partial charge in [0.1, 0.15) is 5.75 Å². The number of nitrogens with zero attached hydrogens (tertiary/aromatic N) is 1. The molecule has 0 bridgehead atoms. The predicted octanol–water partition coefficient (Wildman–Crippen LogP) is 3.91. The summed E-state index contributed by atoms with van der Waals surface area (Å²) < 4.78 is 5.18. The van der Waals surface area contributed by atoms with Crippen molar-refractivity contribution in [1.82, 2.24) is 4.90 Å². The number of ether oxygens (including phenoxy) is 1. The van der Waals surface area contributed by atoms with Crippen LogP contribution in [0.2, 0.25) is 0 Å². The van der Waals surface area contributed by atoms with Crippen LogP contribution in [-0.4, -0.2) is 31.1 Å². The Labute approximate surface area is 118 Å². The molecule has 1 atom stereocenters. The van der Waals surface area contributed by atoms with Gasteiger partial charge in [-0.05, 0) is 50.9 Å². The van der Waals surface area contributed by atoms with Crippen LogP contribution in [0.5, 0.6) is 5.75 Å². The third kappa shape index (κ3) is 5.48. The van der Waals surface area contributed by atoms with Gasteiger partial charge in [0.05, 0.1) is 7.11 Å². The first-order chi connectivity index (χ1) is 9.06. The van der Waals surface area contributed by atoms with Gasteiger partial charge in [0.15, 0.2) is 0 Å². The van der Waals surface area contributed by atoms with E-state index in [0.29, 0.717) is 6.04 Å². The lowest BCUT2D eigenvalue weighted by Gasteiger charge is -2.28. The third-order valence-electron chi connectivity index (χ3n) is 3.51. The van der Waals surface area contributed by atoms with Crippen molar-refractivity contribution in [3.05, 3.63) is 42.0 Å². The number of hydrogen-bond donors (Lipinski definition) is 0. The molecule has 2 heteroatoms. The second-order valence-electron chi connectivity index (χ2n) is 5.26. The van der Waals surface area contributed by atoms with Crippen molar-refractivity contribution in [1.29, 1.82) is 0 Å². The van der Waals surface area contributed by atoms with Crippen LogP contribution >= 0.6 is 0 Å². The summed E-state index contributed by atoms with van der Waals surface area (Å²) in [7, 11) is 1.70. The summed E-state index contributed by atoms with van der Waals surface area (Å²) in [5, 5.41) is 0. The van der Waals surface area contributed by atoms with Crippen molar-refractivity contribution in [2.45, 2.75) is 39.7 Å². The zero-order valence-corrected chi connectivity index (χ0v) is 12.8. The molecule has 106 valence electrons. The molecule has 0 aliphatic carbocycles. The Kier molecular flexibility index (Phi) is 6.65. The number of hydrogen-bond acceptors (Lipinski definition) is 2. The van der Waals surface area contributed by atoms with E-state index in [9.17, 15) is 0 Å². The molecule has 1 aromatic carbocycles. The van der Waals surface area contributed by atoms with Crippen molar-refractivity contribution >= 4 is 0 Å². The Morgan fingerprint density at radius 2 is 1.95 bits per heavy atom. The Hall–Kier alpha value is -1.28. The van der Waals surface area contributed by atoms with Crippen LogP contribution in [0.4, 0.5) is 0 Å². The molecule has 0 heterocycles. The molecular weight excluding hydrogens is 234 g/mol. The topological polar surface area (TPSA) is 12.5 Å². The normalized spacial score (nSPS) is 12.5. The van der Waals surface area contributed by atoms with Gasteiger partial charge in [0, 0.05) is 12.6 Å². The molecule has 0 unspecified atom stereocenters. The number of benzene rings is 1. The van der Waals surface area contributed by atoms with E-state index in [1.54, 1.807) is 7.11 Å². The fourth-order valence-electron chi connectivity index (χ4n) is 2.28. The Bertz CT molecular complexity index is 383. The second kappa shape index (κ2) is 8.00. The van der Waals surface area contributed by atoms with Crippen molar-refractivity contribution in [3.63, 3.8) is 0 Å². The molecule has 2 nitrogen and oxygen atoms in total. The van der Waals surface area contributed by atoms with Crippen LogP contribution < -0.4 is 4.74 Å². The highest BCUT2D eigenvalue weighted by Gasteiger charge is 2.11. The molecule has 19 heavy (non-hydrogen) atoms. The highest BCUT2D eigenvalue weighted by atomic mass is 16.5. The quantitative estimate of drug-likeness (QED) is 0.658. The van der Waals surface area contributed by atoms with Crippen molar-refractivity contribution in [3.8, 4) is 5.75 Å². The first-order valence-electron chi connectivity index (χ1n) is 7.08. The molecule has 0 saturated carbocycles. The minimum atomic E-state index is 0.587. The van der Waals surface area contributed by atoms with Crippen LogP contribution in [0.1, 0.15) is 32.8 Å². The van der Waals surface area contributed by atoms with E-state index in [4.69, 9.17) is 4.74 Å². The molecule has 0 aromatic heterocycles. The van der Waals surface area contributed by atoms with E-state index in [1.807, 2.05) is 12.1 Å². The highest BCUT2D eigenvalue weighted by molar-refractivity contribution is 5.27. The molecule has 1 rings (SSSR count). The molecule has 0 aliphatic heterocycles. The number of methoxy groups -OCH3 is 1. The largest absolute Gasteiger partial charge is 0.497 e. The van der Waals surface area contributed by atoms with Gasteiger partial charge in [0.25, 0.3) is 0 Å². The van der Waals surface area contributed by atoms with Gasteiger partial charge in [-0.3, -0.25) is 4.90 Å². The summed E-state index contributed by atoms with van der Waals surface area (Å²) in [5.74, 6) is 0.925. The standard InChI is InChI=1S/C17H27NO/c1-6-18(13-14(2)3)15(4)7-8-16-9-11-17(19-5)12-10-16/h9-12,15H,2,6-8,13H2,1,3-5H3/t15-/m0/s1. The summed E-state index contributed by atoms with van der Waals surface area (Å²) in [6.45, 7) is 12.7. The number of rotatable bonds is 8. The molecule has 0 saturated heterocycles. The summed E-state index contributed by atoms with van der Waals surface area (Å²) in [6, 6.07) is 8.96. The highest BCUT2D eigenvalue weighted by Crippen LogP contribution is 2.15. The zero-order valence-electron chi connectivity index (χ0n) is 12.8. The molecule has 0 fully saturated rings. The van der Waals surface area contributed by atoms with E-state index in [1.165, 1.54) is 17.6 Å². The van der Waals surface area contributed by atoms with Crippen LogP contribution in [0, 0.1) is 0 Å². The van der Waals surface area contributed by atoms with E-state index < -0.39 is 0 Å². The molecule has 0 amide bonds. The minimum absolute atomic E-state index is 0.587. The van der Waals surface area contributed by atoms with E-state index in [0.717, 1.165) is 25.3 Å². The van der Waals surface area contributed by atoms with Gasteiger partial charge >= 0.3 is 0 Å². The number of likely N-dealkylation sites (N-methyl/N-ethyl adjacent to an activating group) is 1. The van der Waals surface area contributed by atoms with Crippen molar-refractivity contribution in [2.24, 2.45) is 0 Å². The molecule has 0 N–H and O–H groups in total. The average molecular weight is 261 g/mol. The monoisotopic (exact) mass is 261 g/mol. The van der Waals surface area contributed by atoms with Crippen molar-refractivity contribution in [2.75, 3.05) is 20.2 Å². The maximum atomic E-state index is 5.18. The van der Waals surface area contributed by atoms with Gasteiger partial charge in [-0.1, -0.05) is 31.2 Å². The summed E-state index contributed by atoms with van der Waals surface area (Å²) in [4.78, 5) is 2.48. The SMILES string of the molecule is C=C(C)CN(CC)[C@@H](C)CCc1ccc(OC)cc1. The second-order valence-corrected chi connectivity index (χ2v) is 5.26. The summed E-state index contributed by atoms with van der Waals surface area (Å²) in [6.07, 6.45) is 2.28. The molecule has 0 spiro atoms. The number of aryl methyl sites for hydroxylation is 1. The molecule has 0 aliphatic rings. The predicted molar refractivity (Wildman–Crippen MR) is 82.8 cm³/mol. The third-order valence-corrected chi connectivity index (χ3v) is 3.51. The van der Waals surface area contributed by atoms with Crippen LogP contribution in [-0.2, 0) is 6.42 Å². The first kappa shape index (κ1) is 15.8. The van der Waals surface area contributed by atoms with Crippen LogP contribution in [0.15, 0.2) is 36.4 Å². The van der Waals surface area contributed by atoms with E-state index >= 15 is 0 Å². The van der Waals surface area contributed by atoms with Crippen LogP contribution in [0.3, 0.4) is 0 Å². The van der Waals surface area contributed by atoms with Crippen LogP contribution in [0.25, 0.3) is 0 Å². The Morgan fingerprint density at radius 3 is 2.42 bits per heavy atom. The van der Waals surface area contributed by atoms with Gasteiger partial charge in [-0.25, -0.2) is 0 Å². The van der Waals surface area contributed by atoms with Gasteiger partial charge < -0.3 is 4.74 Å².